The van der Waals surface area contributed by atoms with Gasteiger partial charge in [0, 0.05) is 23.7 Å². The maximum absolute atomic E-state index is 12.1. The van der Waals surface area contributed by atoms with Gasteiger partial charge in [-0.05, 0) is 38.0 Å². The second kappa shape index (κ2) is 8.72. The van der Waals surface area contributed by atoms with Crippen LogP contribution < -0.4 is 14.8 Å². The summed E-state index contributed by atoms with van der Waals surface area (Å²) in [6.45, 7) is 4.27. The Balaban J connectivity index is 1.90. The van der Waals surface area contributed by atoms with Crippen LogP contribution in [0.25, 0.3) is 0 Å². The molecule has 0 bridgehead atoms. The number of ether oxygens (including phenoxy) is 2. The number of pyridine rings is 1. The number of rotatable bonds is 7. The number of nitrogens with zero attached hydrogens (tertiary/aromatic N) is 1. The number of aryl methyl sites for hydroxylation is 2. The van der Waals surface area contributed by atoms with E-state index in [9.17, 15) is 4.79 Å². The Kier molecular flexibility index (Phi) is 6.65. The zero-order valence-corrected chi connectivity index (χ0v) is 15.7. The molecule has 6 heteroatoms. The average molecular weight is 363 g/mol. The number of carbonyl (C=O) groups excluding carboxylic acids is 1. The van der Waals surface area contributed by atoms with Gasteiger partial charge in [0.15, 0.2) is 0 Å². The lowest BCUT2D eigenvalue weighted by atomic mass is 10.1. The highest BCUT2D eigenvalue weighted by molar-refractivity contribution is 6.32. The van der Waals surface area contributed by atoms with Gasteiger partial charge in [-0.25, -0.2) is 0 Å². The maximum atomic E-state index is 12.1. The highest BCUT2D eigenvalue weighted by Crippen LogP contribution is 2.25. The molecule has 0 saturated heterocycles. The van der Waals surface area contributed by atoms with Gasteiger partial charge < -0.3 is 14.8 Å². The number of halogens is 1. The molecule has 5 nitrogen and oxygen atoms in total. The molecule has 1 aromatic heterocycles. The summed E-state index contributed by atoms with van der Waals surface area (Å²) in [6, 6.07) is 5.54. The number of methoxy groups -OCH3 is 2. The molecule has 1 heterocycles. The van der Waals surface area contributed by atoms with Gasteiger partial charge in [0.1, 0.15) is 11.5 Å². The molecule has 0 aliphatic heterocycles. The SMILES string of the molecule is COc1ccc(CCC(=O)NCc2ncc(C)c(OC)c2C)cc1Cl. The Morgan fingerprint density at radius 1 is 1.24 bits per heavy atom. The molecule has 0 aliphatic carbocycles. The van der Waals surface area contributed by atoms with Gasteiger partial charge in [0.2, 0.25) is 5.91 Å². The maximum Gasteiger partial charge on any atom is 0.220 e. The third-order valence-corrected chi connectivity index (χ3v) is 4.36. The number of hydrogen-bond donors (Lipinski definition) is 1. The Hall–Kier alpha value is -2.27. The van der Waals surface area contributed by atoms with Crippen LogP contribution >= 0.6 is 11.6 Å². The van der Waals surface area contributed by atoms with Crippen molar-refractivity contribution in [3.63, 3.8) is 0 Å². The summed E-state index contributed by atoms with van der Waals surface area (Å²) in [7, 11) is 3.21. The molecule has 0 aliphatic rings. The van der Waals surface area contributed by atoms with Crippen molar-refractivity contribution in [3.05, 3.63) is 51.8 Å². The molecule has 1 N–H and O–H groups in total. The molecule has 1 amide bonds. The Morgan fingerprint density at radius 3 is 2.64 bits per heavy atom. The van der Waals surface area contributed by atoms with Crippen molar-refractivity contribution >= 4 is 17.5 Å². The second-order valence-corrected chi connectivity index (χ2v) is 6.20. The van der Waals surface area contributed by atoms with Crippen molar-refractivity contribution in [3.8, 4) is 11.5 Å². The first-order valence-electron chi connectivity index (χ1n) is 8.04. The van der Waals surface area contributed by atoms with E-state index in [-0.39, 0.29) is 5.91 Å². The Bertz CT molecular complexity index is 763. The smallest absolute Gasteiger partial charge is 0.220 e. The third kappa shape index (κ3) is 4.86. The van der Waals surface area contributed by atoms with Crippen molar-refractivity contribution in [2.75, 3.05) is 14.2 Å². The van der Waals surface area contributed by atoms with Gasteiger partial charge in [0.25, 0.3) is 0 Å². The van der Waals surface area contributed by atoms with Gasteiger partial charge in [-0.2, -0.15) is 0 Å². The quantitative estimate of drug-likeness (QED) is 0.817. The minimum atomic E-state index is -0.0346. The number of nitrogens with one attached hydrogen (secondary N) is 1. The molecule has 2 aromatic rings. The lowest BCUT2D eigenvalue weighted by Crippen LogP contribution is -2.24. The normalized spacial score (nSPS) is 10.4. The van der Waals surface area contributed by atoms with Crippen LogP contribution in [-0.4, -0.2) is 25.1 Å². The lowest BCUT2D eigenvalue weighted by molar-refractivity contribution is -0.121. The molecule has 0 fully saturated rings. The molecular formula is C19H23ClN2O3. The zero-order chi connectivity index (χ0) is 18.4. The van der Waals surface area contributed by atoms with Crippen LogP contribution in [0.5, 0.6) is 11.5 Å². The molecule has 0 atom stereocenters. The van der Waals surface area contributed by atoms with Crippen LogP contribution in [0.2, 0.25) is 5.02 Å². The van der Waals surface area contributed by atoms with Crippen molar-refractivity contribution in [1.29, 1.82) is 0 Å². The lowest BCUT2D eigenvalue weighted by Gasteiger charge is -2.13. The Labute approximate surface area is 153 Å². The third-order valence-electron chi connectivity index (χ3n) is 4.06. The number of hydrogen-bond acceptors (Lipinski definition) is 4. The molecular weight excluding hydrogens is 340 g/mol. The van der Waals surface area contributed by atoms with Crippen molar-refractivity contribution in [2.24, 2.45) is 0 Å². The summed E-state index contributed by atoms with van der Waals surface area (Å²) in [5.74, 6) is 1.41. The van der Waals surface area contributed by atoms with Gasteiger partial charge >= 0.3 is 0 Å². The number of aromatic nitrogens is 1. The minimum absolute atomic E-state index is 0.0346. The van der Waals surface area contributed by atoms with E-state index in [0.717, 1.165) is 28.1 Å². The Morgan fingerprint density at radius 2 is 2.00 bits per heavy atom. The van der Waals surface area contributed by atoms with Gasteiger partial charge in [0.05, 0.1) is 31.5 Å². The predicted octanol–water partition coefficient (Wildman–Crippen LogP) is 3.62. The molecule has 0 unspecified atom stereocenters. The number of carbonyl (C=O) groups is 1. The number of benzene rings is 1. The van der Waals surface area contributed by atoms with Crippen LogP contribution in [-0.2, 0) is 17.8 Å². The molecule has 0 saturated carbocycles. The zero-order valence-electron chi connectivity index (χ0n) is 15.0. The van der Waals surface area contributed by atoms with E-state index in [0.29, 0.717) is 30.2 Å². The van der Waals surface area contributed by atoms with Gasteiger partial charge in [-0.3, -0.25) is 9.78 Å². The molecule has 134 valence electrons. The van der Waals surface area contributed by atoms with Crippen LogP contribution in [0.1, 0.15) is 28.8 Å². The summed E-state index contributed by atoms with van der Waals surface area (Å²) >= 11 is 6.10. The fourth-order valence-corrected chi connectivity index (χ4v) is 2.92. The summed E-state index contributed by atoms with van der Waals surface area (Å²) in [6.07, 6.45) is 2.75. The molecule has 1 aromatic carbocycles. The van der Waals surface area contributed by atoms with Crippen molar-refractivity contribution in [2.45, 2.75) is 33.2 Å². The van der Waals surface area contributed by atoms with Crippen molar-refractivity contribution < 1.29 is 14.3 Å². The monoisotopic (exact) mass is 362 g/mol. The van der Waals surface area contributed by atoms with Gasteiger partial charge in [-0.1, -0.05) is 17.7 Å². The highest BCUT2D eigenvalue weighted by atomic mass is 35.5. The molecule has 0 spiro atoms. The summed E-state index contributed by atoms with van der Waals surface area (Å²) in [4.78, 5) is 16.5. The average Bonchev–Trinajstić information content (AvgIpc) is 2.60. The van der Waals surface area contributed by atoms with Crippen LogP contribution in [0, 0.1) is 13.8 Å². The van der Waals surface area contributed by atoms with E-state index in [1.807, 2.05) is 26.0 Å². The first kappa shape index (κ1) is 19.1. The predicted molar refractivity (Wildman–Crippen MR) is 98.4 cm³/mol. The summed E-state index contributed by atoms with van der Waals surface area (Å²) in [5.41, 5.74) is 3.73. The topological polar surface area (TPSA) is 60.5 Å². The first-order chi connectivity index (χ1) is 12.0. The fourth-order valence-electron chi connectivity index (χ4n) is 2.64. The van der Waals surface area contributed by atoms with E-state index in [4.69, 9.17) is 21.1 Å². The standard InChI is InChI=1S/C19H23ClN2O3/c1-12-10-21-16(13(2)19(12)25-4)11-22-18(23)8-6-14-5-7-17(24-3)15(20)9-14/h5,7,9-10H,6,8,11H2,1-4H3,(H,22,23). The van der Waals surface area contributed by atoms with Crippen LogP contribution in [0.3, 0.4) is 0 Å². The van der Waals surface area contributed by atoms with Crippen LogP contribution in [0.15, 0.2) is 24.4 Å². The largest absolute Gasteiger partial charge is 0.496 e. The summed E-state index contributed by atoms with van der Waals surface area (Å²) < 4.78 is 10.5. The van der Waals surface area contributed by atoms with E-state index in [1.54, 1.807) is 26.5 Å². The second-order valence-electron chi connectivity index (χ2n) is 5.79. The summed E-state index contributed by atoms with van der Waals surface area (Å²) in [5, 5.41) is 3.45. The van der Waals surface area contributed by atoms with Crippen molar-refractivity contribution in [1.82, 2.24) is 10.3 Å². The van der Waals surface area contributed by atoms with E-state index in [1.165, 1.54) is 0 Å². The molecule has 25 heavy (non-hydrogen) atoms. The fraction of sp³-hybridized carbons (Fsp3) is 0.368. The van der Waals surface area contributed by atoms with Gasteiger partial charge in [-0.15, -0.1) is 0 Å². The highest BCUT2D eigenvalue weighted by Gasteiger charge is 2.11. The van der Waals surface area contributed by atoms with Crippen LogP contribution in [0.4, 0.5) is 0 Å². The molecule has 0 radical (unpaired) electrons. The van der Waals surface area contributed by atoms with E-state index >= 15 is 0 Å². The number of amides is 1. The van der Waals surface area contributed by atoms with E-state index < -0.39 is 0 Å². The molecule has 2 rings (SSSR count). The minimum Gasteiger partial charge on any atom is -0.496 e. The first-order valence-corrected chi connectivity index (χ1v) is 8.42. The van der Waals surface area contributed by atoms with E-state index in [2.05, 4.69) is 10.3 Å².